The molecule has 28 rings (SSSR count). The van der Waals surface area contributed by atoms with Gasteiger partial charge in [0.05, 0.1) is 107 Å². The van der Waals surface area contributed by atoms with Gasteiger partial charge in [-0.15, -0.1) is 30.6 Å². The molecular weight excluding hydrogens is 1900 g/mol. The highest BCUT2D eigenvalue weighted by molar-refractivity contribution is 6.32. The number of unbranched alkanes of at least 4 members (excludes halogenated alkanes) is 1. The second kappa shape index (κ2) is 39.2. The molecule has 0 bridgehead atoms. The van der Waals surface area contributed by atoms with Gasteiger partial charge in [-0.1, -0.05) is 211 Å². The fraction of sp³-hybridized carbons (Fsp3) is 0.417. The van der Waals surface area contributed by atoms with E-state index in [-0.39, 0.29) is 33.0 Å². The van der Waals surface area contributed by atoms with E-state index in [2.05, 4.69) is 177 Å². The van der Waals surface area contributed by atoms with Crippen LogP contribution in [0.4, 0.5) is 4.39 Å². The second-order valence-corrected chi connectivity index (χ2v) is 44.5. The summed E-state index contributed by atoms with van der Waals surface area (Å²) in [5.41, 5.74) is 24.6. The molecule has 14 aliphatic rings. The number of carbonyl (C=O) groups excluding carboxylic acids is 1. The van der Waals surface area contributed by atoms with Crippen molar-refractivity contribution < 1.29 is 13.9 Å². The fourth-order valence-electron chi connectivity index (χ4n) is 21.4. The zero-order valence-corrected chi connectivity index (χ0v) is 84.4. The molecule has 14 aromatic rings. The third kappa shape index (κ3) is 19.6. The topological polar surface area (TPSA) is 258 Å². The van der Waals surface area contributed by atoms with Gasteiger partial charge in [0.1, 0.15) is 6.17 Å². The molecule has 0 spiro atoms. The summed E-state index contributed by atoms with van der Waals surface area (Å²) in [6.07, 6.45) is 33.3. The van der Waals surface area contributed by atoms with Crippen molar-refractivity contribution in [3.8, 4) is 22.5 Å². The van der Waals surface area contributed by atoms with Gasteiger partial charge in [-0.2, -0.15) is 30.6 Å². The molecule has 0 N–H and O–H groups in total. The zero-order valence-electron chi connectivity index (χ0n) is 79.9. The third-order valence-electron chi connectivity index (χ3n) is 31.5. The van der Waals surface area contributed by atoms with Crippen LogP contribution >= 0.6 is 69.6 Å². The van der Waals surface area contributed by atoms with E-state index in [1.54, 1.807) is 0 Å². The van der Waals surface area contributed by atoms with Crippen molar-refractivity contribution in [2.24, 2.45) is 0 Å². The minimum atomic E-state index is -0.795. The number of halogens is 7. The molecule has 20 nitrogen and oxygen atoms in total. The first kappa shape index (κ1) is 94.5. The largest absolute Gasteiger partial charge is 0.466 e. The average molecular weight is 2010 g/mol. The van der Waals surface area contributed by atoms with Crippen LogP contribution < -0.4 is 0 Å². The average Bonchev–Trinajstić information content (AvgIpc) is 1.05. The Hall–Kier alpha value is -11.0. The first-order valence-corrected chi connectivity index (χ1v) is 53.5. The molecule has 6 heterocycles. The lowest BCUT2D eigenvalue weighted by Crippen LogP contribution is -2.45. The predicted octanol–water partition coefficient (Wildman–Crippen LogP) is 26.6. The molecule has 0 aliphatic heterocycles. The first-order valence-electron chi connectivity index (χ1n) is 51.2. The van der Waals surface area contributed by atoms with Crippen molar-refractivity contribution in [2.45, 2.75) is 293 Å². The summed E-state index contributed by atoms with van der Waals surface area (Å²) >= 11 is 36.2. The summed E-state index contributed by atoms with van der Waals surface area (Å²) in [4.78, 5) is 40.8. The first-order chi connectivity index (χ1) is 69.2. The normalized spacial score (nSPS) is 20.4. The van der Waals surface area contributed by atoms with Gasteiger partial charge in [-0.3, -0.25) is 4.79 Å². The van der Waals surface area contributed by atoms with Gasteiger partial charge >= 0.3 is 5.97 Å². The molecule has 0 saturated heterocycles. The maximum absolute atomic E-state index is 13.8. The quantitative estimate of drug-likeness (QED) is 0.0380. The highest BCUT2D eigenvalue weighted by atomic mass is 35.5. The van der Waals surface area contributed by atoms with Crippen LogP contribution in [0.3, 0.4) is 0 Å². The summed E-state index contributed by atoms with van der Waals surface area (Å²) < 4.78 is 18.9. The predicted molar refractivity (Wildman–Crippen MR) is 549 cm³/mol. The van der Waals surface area contributed by atoms with E-state index in [0.29, 0.717) is 65.8 Å². The Bertz CT molecular complexity index is 7040. The molecule has 722 valence electrons. The summed E-state index contributed by atoms with van der Waals surface area (Å²) in [5, 5.41) is 58.9. The van der Waals surface area contributed by atoms with Crippen LogP contribution in [0.2, 0.25) is 30.1 Å². The highest BCUT2D eigenvalue weighted by Crippen LogP contribution is 2.60. The third-order valence-corrected chi connectivity index (χ3v) is 33.1. The second-order valence-electron chi connectivity index (χ2n) is 41.9. The fourth-order valence-corrected chi connectivity index (χ4v) is 22.2. The molecule has 0 unspecified atom stereocenters. The number of carbonyl (C=O) groups is 1. The lowest BCUT2D eigenvalue weighted by Gasteiger charge is -2.43. The molecule has 0 radical (unpaired) electrons. The van der Waals surface area contributed by atoms with E-state index in [9.17, 15) is 9.18 Å². The number of benzene rings is 8. The molecule has 6 aromatic heterocycles. The van der Waals surface area contributed by atoms with Gasteiger partial charge in [0.15, 0.2) is 34.9 Å². The van der Waals surface area contributed by atoms with Crippen LogP contribution in [0.15, 0.2) is 194 Å². The van der Waals surface area contributed by atoms with Crippen molar-refractivity contribution in [1.82, 2.24) is 91.1 Å². The number of aryl methyl sites for hydroxylation is 2. The summed E-state index contributed by atoms with van der Waals surface area (Å²) in [6.45, 7) is 4.08. The molecule has 0 amide bonds. The number of rotatable bonds is 25. The zero-order chi connectivity index (χ0) is 96.6. The van der Waals surface area contributed by atoms with Gasteiger partial charge in [0.25, 0.3) is 0 Å². The van der Waals surface area contributed by atoms with Crippen LogP contribution in [0, 0.1) is 0 Å². The van der Waals surface area contributed by atoms with Gasteiger partial charge in [0.2, 0.25) is 0 Å². The Balaban J connectivity index is 0.0000000948. The highest BCUT2D eigenvalue weighted by Gasteiger charge is 2.56. The lowest BCUT2D eigenvalue weighted by molar-refractivity contribution is -0.141. The van der Waals surface area contributed by atoms with Gasteiger partial charge in [0, 0.05) is 96.5 Å². The van der Waals surface area contributed by atoms with Crippen molar-refractivity contribution in [3.05, 3.63) is 361 Å². The van der Waals surface area contributed by atoms with Crippen LogP contribution in [0.1, 0.15) is 366 Å². The molecule has 27 heteroatoms. The van der Waals surface area contributed by atoms with E-state index < -0.39 is 11.6 Å². The summed E-state index contributed by atoms with van der Waals surface area (Å²) in [5.74, 6) is 8.29. The van der Waals surface area contributed by atoms with Crippen molar-refractivity contribution in [3.63, 3.8) is 0 Å². The Morgan fingerprint density at radius 3 is 0.894 bits per heavy atom. The maximum atomic E-state index is 13.8. The minimum Gasteiger partial charge on any atom is -0.466 e. The molecule has 14 aliphatic carbocycles. The molecule has 8 aromatic carbocycles. The minimum absolute atomic E-state index is 0.0106. The Morgan fingerprint density at radius 2 is 0.592 bits per heavy atom. The Morgan fingerprint density at radius 1 is 0.317 bits per heavy atom. The summed E-state index contributed by atoms with van der Waals surface area (Å²) in [7, 11) is 0. The smallest absolute Gasteiger partial charge is 0.302 e. The van der Waals surface area contributed by atoms with Crippen LogP contribution in [-0.2, 0) is 67.7 Å². The van der Waals surface area contributed by atoms with E-state index in [0.717, 1.165) is 220 Å². The van der Waals surface area contributed by atoms with E-state index in [1.807, 2.05) is 84.9 Å². The van der Waals surface area contributed by atoms with Crippen LogP contribution in [0.5, 0.6) is 0 Å². The number of hydrogen-bond acceptors (Lipinski definition) is 20. The van der Waals surface area contributed by atoms with Gasteiger partial charge in [-0.05, 0) is 297 Å². The van der Waals surface area contributed by atoms with Gasteiger partial charge < -0.3 is 4.74 Å². The number of esters is 1. The number of hydrogen-bond donors (Lipinski definition) is 0. The Kier molecular flexibility index (Phi) is 26.1. The molecule has 12 fully saturated rings. The van der Waals surface area contributed by atoms with Crippen LogP contribution in [-0.4, -0.2) is 110 Å². The van der Waals surface area contributed by atoms with Gasteiger partial charge in [-0.25, -0.2) is 34.3 Å². The van der Waals surface area contributed by atoms with E-state index >= 15 is 0 Å². The standard InChI is InChI=1S/C20H22ClN3O2.C20H16ClN3.C19H19ClFN3.C19H14ClN3.C19H22ClN3.C18H18ClN3/c1-13(25)26-12-2-3-17-18(14-4-5-14)23-24-19(22-17)20(10-11-20)15-6-8-16(21)9-7-15;21-15-8-6-14(7-9-15)20(10-3-11-20)19-22-18-16-5-2-1-4-13(16)12-17(18)23-24-19;20-14-7-5-13(6-8-14)19(9-15(21)10-19)18-22-16(11-1-2-11)17(23-24-18)12-3-4-12;20-14-7-5-13(6-8-14)19(9-10-19)18-21-17-15-4-2-1-3-12(15)11-16(17)22-23-18;1-2-3-4-16-17(13-5-6-13)22-23-18(21-16)19(11-12-19)14-7-9-15(20)10-8-14;19-14-7-5-13(6-8-14)18(9-10-18)17-20-15(11-1-2-11)16(21-22-17)12-3-4-12/h6-9,14H,2-5,10-12H2,1H3;1-2,4-9H,3,10-12H2;5-8,11-12,15H,1-4,9-10H2;1-8H,9-11H2;7-10,13H,2-6,11-12H2,1H3;5-8,11-12H,1-4,9-10H2. The van der Waals surface area contributed by atoms with Crippen molar-refractivity contribution in [2.75, 3.05) is 6.61 Å². The van der Waals surface area contributed by atoms with Crippen molar-refractivity contribution >= 4 is 75.6 Å². The number of alkyl halides is 1. The Labute approximate surface area is 857 Å². The molecule has 142 heavy (non-hydrogen) atoms. The van der Waals surface area contributed by atoms with Crippen molar-refractivity contribution in [1.29, 1.82) is 0 Å². The molecular formula is C115H111Cl6FN18O2. The SMILES string of the molecule is CC(=O)OCCCc1nc(C2(c3ccc(Cl)cc3)CC2)nnc1C1CC1.CCCCc1nc(C2(c3ccc(Cl)cc3)CC2)nnc1C1CC1.Clc1ccc(C2(c3nnc(C4CC4)c(C4CC4)n3)CC2)cc1.Clc1ccc(C2(c3nnc4c(n3)-c3ccccc3C4)CC2)cc1.Clc1ccc(C2(c3nnc4c(n3)-c3ccccc3C4)CCC2)cc1.FC1CC(c2ccc(Cl)cc2)(c2nnc(C3CC3)c(C3CC3)n2)C1. The number of ether oxygens (including phenoxy) is 1. The number of aromatic nitrogens is 18. The summed E-state index contributed by atoms with van der Waals surface area (Å²) in [6, 6.07) is 64.9. The molecule has 0 atom stereocenters. The van der Waals surface area contributed by atoms with E-state index in [4.69, 9.17) is 104 Å². The number of fused-ring (bicyclic) bond motifs is 6. The molecule has 12 saturated carbocycles. The van der Waals surface area contributed by atoms with Crippen LogP contribution in [0.25, 0.3) is 22.5 Å². The van der Waals surface area contributed by atoms with E-state index in [1.165, 1.54) is 158 Å². The monoisotopic (exact) mass is 2000 g/mol. The lowest BCUT2D eigenvalue weighted by atomic mass is 9.62. The maximum Gasteiger partial charge on any atom is 0.302 e. The number of nitrogens with zero attached hydrogens (tertiary/aromatic N) is 18.